The molecule has 1 unspecified atom stereocenters. The Morgan fingerprint density at radius 3 is 3.00 bits per heavy atom. The van der Waals surface area contributed by atoms with Crippen molar-refractivity contribution in [2.24, 2.45) is 5.73 Å². The molecule has 2 N–H and O–H groups in total. The van der Waals surface area contributed by atoms with Crippen LogP contribution in [0.1, 0.15) is 12.5 Å². The molecule has 0 radical (unpaired) electrons. The Labute approximate surface area is 92.5 Å². The Morgan fingerprint density at radius 2 is 2.29 bits per heavy atom. The first-order valence-corrected chi connectivity index (χ1v) is 5.84. The number of hydrogen-bond acceptors (Lipinski definition) is 2. The quantitative estimate of drug-likeness (QED) is 0.833. The van der Waals surface area contributed by atoms with Crippen molar-refractivity contribution in [3.05, 3.63) is 34.2 Å². The van der Waals surface area contributed by atoms with E-state index in [0.717, 1.165) is 11.4 Å². The number of halogens is 1. The van der Waals surface area contributed by atoms with Gasteiger partial charge < -0.3 is 5.73 Å². The highest BCUT2D eigenvalue weighted by atomic mass is 35.5. The van der Waals surface area contributed by atoms with Gasteiger partial charge in [0.2, 0.25) is 0 Å². The maximum Gasteiger partial charge on any atom is 0.0413 e. The van der Waals surface area contributed by atoms with Gasteiger partial charge in [-0.2, -0.15) is 0 Å². The minimum Gasteiger partial charge on any atom is -0.328 e. The minimum atomic E-state index is 0.201. The van der Waals surface area contributed by atoms with Crippen LogP contribution in [0.15, 0.2) is 23.6 Å². The normalized spacial score (nSPS) is 13.4. The van der Waals surface area contributed by atoms with E-state index in [0.29, 0.717) is 0 Å². The number of benzene rings is 1. The number of hydrogen-bond donors (Lipinski definition) is 1. The zero-order chi connectivity index (χ0) is 10.1. The Morgan fingerprint density at radius 1 is 1.50 bits per heavy atom. The molecule has 1 heterocycles. The monoisotopic (exact) mass is 225 g/mol. The van der Waals surface area contributed by atoms with Crippen molar-refractivity contribution in [3.8, 4) is 0 Å². The summed E-state index contributed by atoms with van der Waals surface area (Å²) >= 11 is 7.71. The van der Waals surface area contributed by atoms with Crippen LogP contribution in [0.25, 0.3) is 10.1 Å². The first kappa shape index (κ1) is 9.97. The lowest BCUT2D eigenvalue weighted by Gasteiger charge is -2.03. The molecule has 0 fully saturated rings. The van der Waals surface area contributed by atoms with Crippen LogP contribution in [-0.2, 0) is 6.42 Å². The van der Waals surface area contributed by atoms with Crippen molar-refractivity contribution in [3.63, 3.8) is 0 Å². The summed E-state index contributed by atoms with van der Waals surface area (Å²) in [5, 5.41) is 4.21. The second-order valence-corrected chi connectivity index (χ2v) is 4.93. The van der Waals surface area contributed by atoms with Crippen LogP contribution in [0.3, 0.4) is 0 Å². The third-order valence-corrected chi connectivity index (χ3v) is 3.40. The third kappa shape index (κ3) is 1.92. The fraction of sp³-hybridized carbons (Fsp3) is 0.273. The van der Waals surface area contributed by atoms with E-state index in [9.17, 15) is 0 Å². The summed E-state index contributed by atoms with van der Waals surface area (Å²) in [6.07, 6.45) is 0.917. The van der Waals surface area contributed by atoms with Gasteiger partial charge in [-0.05, 0) is 47.9 Å². The Kier molecular flexibility index (Phi) is 2.77. The maximum absolute atomic E-state index is 5.96. The zero-order valence-corrected chi connectivity index (χ0v) is 9.53. The highest BCUT2D eigenvalue weighted by molar-refractivity contribution is 7.17. The molecule has 74 valence electrons. The molecule has 0 saturated carbocycles. The fourth-order valence-electron chi connectivity index (χ4n) is 1.56. The molecule has 1 atom stereocenters. The summed E-state index contributed by atoms with van der Waals surface area (Å²) in [6.45, 7) is 2.02. The van der Waals surface area contributed by atoms with E-state index in [1.54, 1.807) is 11.3 Å². The number of thiophene rings is 1. The van der Waals surface area contributed by atoms with E-state index < -0.39 is 0 Å². The van der Waals surface area contributed by atoms with Crippen LogP contribution >= 0.6 is 22.9 Å². The molecule has 0 amide bonds. The SMILES string of the molecule is CC(N)Cc1csc2ccc(Cl)cc12. The van der Waals surface area contributed by atoms with Gasteiger partial charge in [0.05, 0.1) is 0 Å². The van der Waals surface area contributed by atoms with E-state index in [2.05, 4.69) is 11.4 Å². The molecule has 0 aliphatic heterocycles. The molecular formula is C11H12ClNS. The van der Waals surface area contributed by atoms with Gasteiger partial charge in [0.15, 0.2) is 0 Å². The molecule has 0 aliphatic carbocycles. The average molecular weight is 226 g/mol. The molecule has 1 nitrogen and oxygen atoms in total. The van der Waals surface area contributed by atoms with Crippen molar-refractivity contribution in [1.29, 1.82) is 0 Å². The van der Waals surface area contributed by atoms with Crippen molar-refractivity contribution < 1.29 is 0 Å². The van der Waals surface area contributed by atoms with Gasteiger partial charge in [0.25, 0.3) is 0 Å². The van der Waals surface area contributed by atoms with Gasteiger partial charge in [-0.1, -0.05) is 11.6 Å². The highest BCUT2D eigenvalue weighted by Gasteiger charge is 2.06. The first-order chi connectivity index (χ1) is 6.66. The molecule has 1 aromatic carbocycles. The number of fused-ring (bicyclic) bond motifs is 1. The molecule has 14 heavy (non-hydrogen) atoms. The van der Waals surface area contributed by atoms with Crippen molar-refractivity contribution in [2.45, 2.75) is 19.4 Å². The molecule has 0 saturated heterocycles. The zero-order valence-electron chi connectivity index (χ0n) is 7.96. The molecule has 0 bridgehead atoms. The van der Waals surface area contributed by atoms with Crippen LogP contribution < -0.4 is 5.73 Å². The summed E-state index contributed by atoms with van der Waals surface area (Å²) in [4.78, 5) is 0. The van der Waals surface area contributed by atoms with Crippen LogP contribution in [-0.4, -0.2) is 6.04 Å². The molecule has 0 aliphatic rings. The van der Waals surface area contributed by atoms with Crippen LogP contribution in [0.5, 0.6) is 0 Å². The summed E-state index contributed by atoms with van der Waals surface area (Å²) in [5.41, 5.74) is 7.09. The van der Waals surface area contributed by atoms with Gasteiger partial charge in [-0.25, -0.2) is 0 Å². The van der Waals surface area contributed by atoms with Crippen LogP contribution in [0, 0.1) is 0 Å². The average Bonchev–Trinajstić information content (AvgIpc) is 2.47. The number of rotatable bonds is 2. The second-order valence-electron chi connectivity index (χ2n) is 3.58. The van der Waals surface area contributed by atoms with Gasteiger partial charge in [-0.15, -0.1) is 11.3 Å². The predicted octanol–water partition coefficient (Wildman–Crippen LogP) is 3.44. The smallest absolute Gasteiger partial charge is 0.0413 e. The minimum absolute atomic E-state index is 0.201. The highest BCUT2D eigenvalue weighted by Crippen LogP contribution is 2.29. The Hall–Kier alpha value is -0.570. The van der Waals surface area contributed by atoms with Crippen LogP contribution in [0.2, 0.25) is 5.02 Å². The molecule has 3 heteroatoms. The predicted molar refractivity (Wildman–Crippen MR) is 64.2 cm³/mol. The van der Waals surface area contributed by atoms with E-state index >= 15 is 0 Å². The van der Waals surface area contributed by atoms with Gasteiger partial charge in [0.1, 0.15) is 0 Å². The van der Waals surface area contributed by atoms with E-state index in [4.69, 9.17) is 17.3 Å². The second kappa shape index (κ2) is 3.89. The molecule has 2 aromatic rings. The van der Waals surface area contributed by atoms with Crippen molar-refractivity contribution in [1.82, 2.24) is 0 Å². The van der Waals surface area contributed by atoms with Crippen molar-refractivity contribution in [2.75, 3.05) is 0 Å². The number of nitrogens with two attached hydrogens (primary N) is 1. The lowest BCUT2D eigenvalue weighted by atomic mass is 10.1. The topological polar surface area (TPSA) is 26.0 Å². The molecule has 1 aromatic heterocycles. The van der Waals surface area contributed by atoms with Crippen molar-refractivity contribution >= 4 is 33.0 Å². The first-order valence-electron chi connectivity index (χ1n) is 4.58. The summed E-state index contributed by atoms with van der Waals surface area (Å²) in [7, 11) is 0. The van der Waals surface area contributed by atoms with E-state index in [1.165, 1.54) is 15.6 Å². The van der Waals surface area contributed by atoms with E-state index in [-0.39, 0.29) is 6.04 Å². The molecular weight excluding hydrogens is 214 g/mol. The van der Waals surface area contributed by atoms with Crippen LogP contribution in [0.4, 0.5) is 0 Å². The van der Waals surface area contributed by atoms with E-state index in [1.807, 2.05) is 19.1 Å². The largest absolute Gasteiger partial charge is 0.328 e. The molecule has 0 spiro atoms. The van der Waals surface area contributed by atoms with Gasteiger partial charge >= 0.3 is 0 Å². The maximum atomic E-state index is 5.96. The van der Waals surface area contributed by atoms with Gasteiger partial charge in [-0.3, -0.25) is 0 Å². The lowest BCUT2D eigenvalue weighted by molar-refractivity contribution is 0.743. The fourth-order valence-corrected chi connectivity index (χ4v) is 2.69. The summed E-state index contributed by atoms with van der Waals surface area (Å²) in [5.74, 6) is 0. The Bertz CT molecular complexity index is 447. The van der Waals surface area contributed by atoms with Gasteiger partial charge in [0, 0.05) is 15.8 Å². The summed E-state index contributed by atoms with van der Waals surface area (Å²) < 4.78 is 1.28. The Balaban J connectivity index is 2.50. The lowest BCUT2D eigenvalue weighted by Crippen LogP contribution is -2.17. The summed E-state index contributed by atoms with van der Waals surface area (Å²) in [6, 6.07) is 6.21. The third-order valence-electron chi connectivity index (χ3n) is 2.16. The molecule has 2 rings (SSSR count). The standard InChI is InChI=1S/C11H12ClNS/c1-7(13)4-8-6-14-11-3-2-9(12)5-10(8)11/h2-3,5-7H,4,13H2,1H3.